The Labute approximate surface area is 190 Å². The molecule has 0 aliphatic rings. The number of benzene rings is 2. The topological polar surface area (TPSA) is 125 Å². The quantitative estimate of drug-likeness (QED) is 0.477. The third-order valence-electron chi connectivity index (χ3n) is 4.70. The number of thiazole rings is 1. The number of hydrogen-bond donors (Lipinski definition) is 1. The molecular formula is C22H20N4O6S. The van der Waals surface area contributed by atoms with Gasteiger partial charge in [0.1, 0.15) is 11.5 Å². The maximum absolute atomic E-state index is 12.3. The van der Waals surface area contributed by atoms with Gasteiger partial charge in [-0.05, 0) is 36.8 Å². The summed E-state index contributed by atoms with van der Waals surface area (Å²) in [5, 5.41) is 8.95. The summed E-state index contributed by atoms with van der Waals surface area (Å²) in [6.07, 6.45) is 0. The van der Waals surface area contributed by atoms with Crippen molar-refractivity contribution in [2.45, 2.75) is 13.5 Å². The van der Waals surface area contributed by atoms with Crippen LogP contribution in [0, 0.1) is 12.3 Å². The van der Waals surface area contributed by atoms with Crippen molar-refractivity contribution in [3.63, 3.8) is 0 Å². The van der Waals surface area contributed by atoms with Crippen LogP contribution >= 0.6 is 11.3 Å². The minimum atomic E-state index is -0.858. The average molecular weight is 468 g/mol. The first kappa shape index (κ1) is 22.1. The predicted molar refractivity (Wildman–Crippen MR) is 121 cm³/mol. The van der Waals surface area contributed by atoms with Gasteiger partial charge in [0.2, 0.25) is 5.13 Å². The number of aromatic nitrogens is 3. The van der Waals surface area contributed by atoms with Gasteiger partial charge in [-0.1, -0.05) is 23.5 Å². The molecule has 0 atom stereocenters. The van der Waals surface area contributed by atoms with Crippen molar-refractivity contribution >= 4 is 21.6 Å². The van der Waals surface area contributed by atoms with E-state index in [0.717, 1.165) is 31.9 Å². The molecule has 170 valence electrons. The van der Waals surface area contributed by atoms with Crippen LogP contribution in [0.5, 0.6) is 11.5 Å². The molecule has 0 amide bonds. The summed E-state index contributed by atoms with van der Waals surface area (Å²) in [4.78, 5) is 29.0. The van der Waals surface area contributed by atoms with Gasteiger partial charge in [-0.25, -0.2) is 14.6 Å². The lowest BCUT2D eigenvalue weighted by atomic mass is 10.2. The SMILES string of the molecule is COc1cccc(OC)c1Cn1oc(=O)ccc(=O)on(-c2nc3ccc(C)cc3s2)c1=N. The molecule has 11 heteroatoms. The first-order valence-corrected chi connectivity index (χ1v) is 10.6. The van der Waals surface area contributed by atoms with Gasteiger partial charge in [-0.2, -0.15) is 4.74 Å². The highest BCUT2D eigenvalue weighted by atomic mass is 32.1. The van der Waals surface area contributed by atoms with Crippen molar-refractivity contribution in [1.82, 2.24) is 14.5 Å². The van der Waals surface area contributed by atoms with E-state index in [9.17, 15) is 9.59 Å². The summed E-state index contributed by atoms with van der Waals surface area (Å²) >= 11 is 1.23. The van der Waals surface area contributed by atoms with E-state index in [-0.39, 0.29) is 11.7 Å². The van der Waals surface area contributed by atoms with Gasteiger partial charge in [0.15, 0.2) is 0 Å². The molecule has 0 radical (unpaired) electrons. The minimum Gasteiger partial charge on any atom is -0.496 e. The fourth-order valence-electron chi connectivity index (χ4n) is 3.15. The summed E-state index contributed by atoms with van der Waals surface area (Å²) in [7, 11) is 2.99. The molecule has 0 saturated carbocycles. The number of rotatable bonds is 5. The molecule has 2 aromatic heterocycles. The van der Waals surface area contributed by atoms with Gasteiger partial charge in [-0.3, -0.25) is 5.41 Å². The second-order valence-electron chi connectivity index (χ2n) is 6.92. The summed E-state index contributed by atoms with van der Waals surface area (Å²) in [6, 6.07) is 12.7. The number of methoxy groups -OCH3 is 2. The summed E-state index contributed by atoms with van der Waals surface area (Å²) in [5.74, 6) is 0.931. The fraction of sp³-hybridized carbons (Fsp3) is 0.182. The lowest BCUT2D eigenvalue weighted by molar-refractivity contribution is 0.195. The Morgan fingerprint density at radius 2 is 1.67 bits per heavy atom. The van der Waals surface area contributed by atoms with E-state index in [1.54, 1.807) is 18.2 Å². The zero-order valence-electron chi connectivity index (χ0n) is 18.0. The molecule has 33 heavy (non-hydrogen) atoms. The molecule has 2 heterocycles. The molecule has 0 spiro atoms. The van der Waals surface area contributed by atoms with Crippen LogP contribution in [0.3, 0.4) is 0 Å². The second-order valence-corrected chi connectivity index (χ2v) is 7.93. The Morgan fingerprint density at radius 3 is 2.33 bits per heavy atom. The molecule has 0 bridgehead atoms. The first-order valence-electron chi connectivity index (χ1n) is 9.75. The Balaban J connectivity index is 2.01. The zero-order valence-corrected chi connectivity index (χ0v) is 18.8. The highest BCUT2D eigenvalue weighted by Gasteiger charge is 2.15. The molecule has 10 nitrogen and oxygen atoms in total. The fourth-order valence-corrected chi connectivity index (χ4v) is 4.16. The summed E-state index contributed by atoms with van der Waals surface area (Å²) in [6.45, 7) is 1.83. The Hall–Kier alpha value is -4.12. The second kappa shape index (κ2) is 9.17. The predicted octanol–water partition coefficient (Wildman–Crippen LogP) is 2.77. The van der Waals surface area contributed by atoms with Crippen LogP contribution in [-0.2, 0) is 6.54 Å². The molecule has 0 aliphatic carbocycles. The van der Waals surface area contributed by atoms with Crippen molar-refractivity contribution in [3.8, 4) is 16.6 Å². The molecular weight excluding hydrogens is 448 g/mol. The summed E-state index contributed by atoms with van der Waals surface area (Å²) in [5.41, 5.74) is 0.0839. The first-order chi connectivity index (χ1) is 15.9. The van der Waals surface area contributed by atoms with Crippen LogP contribution in [0.2, 0.25) is 0 Å². The minimum absolute atomic E-state index is 0.121. The smallest absolute Gasteiger partial charge is 0.357 e. The zero-order chi connectivity index (χ0) is 23.5. The lowest BCUT2D eigenvalue weighted by Crippen LogP contribution is -2.30. The van der Waals surface area contributed by atoms with Gasteiger partial charge >= 0.3 is 11.3 Å². The monoisotopic (exact) mass is 468 g/mol. The normalized spacial score (nSPS) is 10.8. The Kier molecular flexibility index (Phi) is 6.13. The highest BCUT2D eigenvalue weighted by Crippen LogP contribution is 2.29. The number of hydrogen-bond acceptors (Lipinski definition) is 9. The average Bonchev–Trinajstić information content (AvgIpc) is 3.24. The molecule has 4 rings (SSSR count). The van der Waals surface area contributed by atoms with E-state index >= 15 is 0 Å². The van der Waals surface area contributed by atoms with Gasteiger partial charge in [0.25, 0.3) is 5.62 Å². The van der Waals surface area contributed by atoms with E-state index in [1.807, 2.05) is 25.1 Å². The van der Waals surface area contributed by atoms with Gasteiger partial charge < -0.3 is 18.5 Å². The van der Waals surface area contributed by atoms with Crippen molar-refractivity contribution < 1.29 is 18.5 Å². The number of nitrogens with zero attached hydrogens (tertiary/aromatic N) is 3. The number of nitrogens with one attached hydrogen (secondary N) is 1. The van der Waals surface area contributed by atoms with E-state index in [1.165, 1.54) is 25.6 Å². The maximum Gasteiger partial charge on any atom is 0.357 e. The molecule has 0 unspecified atom stereocenters. The van der Waals surface area contributed by atoms with Crippen LogP contribution in [0.15, 0.2) is 67.2 Å². The molecule has 2 aromatic carbocycles. The third kappa shape index (κ3) is 4.58. The molecule has 0 fully saturated rings. The number of fused-ring (bicyclic) bond motifs is 1. The third-order valence-corrected chi connectivity index (χ3v) is 5.69. The van der Waals surface area contributed by atoms with Gasteiger partial charge in [-0.15, -0.1) is 4.74 Å². The van der Waals surface area contributed by atoms with Gasteiger partial charge in [0, 0.05) is 12.1 Å². The molecule has 0 aliphatic heterocycles. The van der Waals surface area contributed by atoms with Crippen LogP contribution in [0.1, 0.15) is 11.1 Å². The van der Waals surface area contributed by atoms with Crippen LogP contribution < -0.4 is 26.3 Å². The number of ether oxygens (including phenoxy) is 2. The Morgan fingerprint density at radius 1 is 1.00 bits per heavy atom. The highest BCUT2D eigenvalue weighted by molar-refractivity contribution is 7.20. The van der Waals surface area contributed by atoms with E-state index < -0.39 is 16.9 Å². The molecule has 1 N–H and O–H groups in total. The number of aryl methyl sites for hydroxylation is 1. The summed E-state index contributed by atoms with van der Waals surface area (Å²) < 4.78 is 24.3. The van der Waals surface area contributed by atoms with E-state index in [4.69, 9.17) is 23.9 Å². The van der Waals surface area contributed by atoms with Crippen LogP contribution in [0.4, 0.5) is 0 Å². The van der Waals surface area contributed by atoms with Crippen molar-refractivity contribution in [3.05, 3.63) is 86.1 Å². The largest absolute Gasteiger partial charge is 0.496 e. The van der Waals surface area contributed by atoms with Crippen molar-refractivity contribution in [1.29, 1.82) is 5.41 Å². The van der Waals surface area contributed by atoms with Crippen LogP contribution in [0.25, 0.3) is 15.3 Å². The van der Waals surface area contributed by atoms with E-state index in [2.05, 4.69) is 4.98 Å². The Bertz CT molecular complexity index is 1540. The van der Waals surface area contributed by atoms with Crippen molar-refractivity contribution in [2.75, 3.05) is 14.2 Å². The van der Waals surface area contributed by atoms with Crippen LogP contribution in [-0.4, -0.2) is 28.7 Å². The van der Waals surface area contributed by atoms with Crippen molar-refractivity contribution in [2.24, 2.45) is 0 Å². The van der Waals surface area contributed by atoms with E-state index in [0.29, 0.717) is 22.6 Å². The lowest BCUT2D eigenvalue weighted by Gasteiger charge is -2.13. The molecule has 0 saturated heterocycles. The molecule has 4 aromatic rings. The standard InChI is InChI=1S/C22H20N4O6S/c1-13-7-8-15-18(11-13)33-22(24-15)26-21(23)25(31-19(27)9-10-20(28)32-26)12-14-16(29-2)5-4-6-17(14)30-3/h4-11,23H,12H2,1-3H3. The van der Waals surface area contributed by atoms with Gasteiger partial charge in [0.05, 0.1) is 36.5 Å². The maximum atomic E-state index is 12.3.